The minimum absolute atomic E-state index is 0.153. The average Bonchev–Trinajstić information content (AvgIpc) is 3.20. The molecule has 3 rings (SSSR count). The Morgan fingerprint density at radius 1 is 1.33 bits per heavy atom. The predicted molar refractivity (Wildman–Crippen MR) is 101 cm³/mol. The van der Waals surface area contributed by atoms with Gasteiger partial charge < -0.3 is 9.88 Å². The SMILES string of the molecule is Cc1cc(C)n(-c2nc(CCNC(=O)CCn3ccc(=O)[nH]c3=O)cs2)n1. The Morgan fingerprint density at radius 3 is 2.85 bits per heavy atom. The first-order valence-electron chi connectivity index (χ1n) is 8.47. The van der Waals surface area contributed by atoms with Crippen LogP contribution >= 0.6 is 11.3 Å². The van der Waals surface area contributed by atoms with Crippen LogP contribution in [-0.2, 0) is 17.8 Å². The summed E-state index contributed by atoms with van der Waals surface area (Å²) in [6.45, 7) is 4.59. The molecule has 3 aromatic heterocycles. The number of hydrogen-bond donors (Lipinski definition) is 2. The van der Waals surface area contributed by atoms with Gasteiger partial charge in [0.2, 0.25) is 11.0 Å². The number of rotatable bonds is 7. The van der Waals surface area contributed by atoms with Crippen molar-refractivity contribution in [2.75, 3.05) is 6.54 Å². The van der Waals surface area contributed by atoms with Crippen molar-refractivity contribution < 1.29 is 4.79 Å². The van der Waals surface area contributed by atoms with Crippen LogP contribution in [0.15, 0.2) is 33.3 Å². The van der Waals surface area contributed by atoms with Gasteiger partial charge in [-0.05, 0) is 19.9 Å². The summed E-state index contributed by atoms with van der Waals surface area (Å²) in [7, 11) is 0. The van der Waals surface area contributed by atoms with E-state index in [1.807, 2.05) is 30.0 Å². The summed E-state index contributed by atoms with van der Waals surface area (Å²) in [5, 5.41) is 9.99. The highest BCUT2D eigenvalue weighted by molar-refractivity contribution is 7.12. The monoisotopic (exact) mass is 388 g/mol. The maximum atomic E-state index is 11.9. The van der Waals surface area contributed by atoms with E-state index in [0.29, 0.717) is 13.0 Å². The van der Waals surface area contributed by atoms with Crippen molar-refractivity contribution in [2.24, 2.45) is 0 Å². The molecule has 0 aromatic carbocycles. The molecule has 3 aromatic rings. The standard InChI is InChI=1S/C17H20N6O3S/c1-11-9-12(2)23(21-11)17-19-13(10-27-17)3-6-18-14(24)4-7-22-8-5-15(25)20-16(22)26/h5,8-10H,3-4,6-7H2,1-2H3,(H,18,24)(H,20,25,26). The Hall–Kier alpha value is -3.01. The fourth-order valence-corrected chi connectivity index (χ4v) is 3.46. The number of carbonyl (C=O) groups excluding carboxylic acids is 1. The van der Waals surface area contributed by atoms with Gasteiger partial charge in [-0.1, -0.05) is 0 Å². The van der Waals surface area contributed by atoms with Crippen molar-refractivity contribution in [3.63, 3.8) is 0 Å². The van der Waals surface area contributed by atoms with Crippen molar-refractivity contribution in [3.05, 3.63) is 61.6 Å². The number of nitrogens with zero attached hydrogens (tertiary/aromatic N) is 4. The van der Waals surface area contributed by atoms with E-state index in [-0.39, 0.29) is 18.9 Å². The quantitative estimate of drug-likeness (QED) is 0.613. The third-order valence-corrected chi connectivity index (χ3v) is 4.78. The molecule has 0 saturated heterocycles. The molecule has 0 atom stereocenters. The number of hydrogen-bond acceptors (Lipinski definition) is 6. The van der Waals surface area contributed by atoms with Crippen LogP contribution in [0.25, 0.3) is 5.13 Å². The maximum Gasteiger partial charge on any atom is 0.328 e. The van der Waals surface area contributed by atoms with E-state index in [4.69, 9.17) is 0 Å². The average molecular weight is 388 g/mol. The van der Waals surface area contributed by atoms with Gasteiger partial charge in [-0.15, -0.1) is 11.3 Å². The number of nitrogens with one attached hydrogen (secondary N) is 2. The summed E-state index contributed by atoms with van der Waals surface area (Å²) in [5.41, 5.74) is 1.88. The molecule has 142 valence electrons. The molecule has 27 heavy (non-hydrogen) atoms. The van der Waals surface area contributed by atoms with Crippen LogP contribution in [0.4, 0.5) is 0 Å². The van der Waals surface area contributed by atoms with Gasteiger partial charge in [-0.25, -0.2) is 14.5 Å². The van der Waals surface area contributed by atoms with E-state index in [1.54, 1.807) is 0 Å². The normalized spacial score (nSPS) is 10.9. The van der Waals surface area contributed by atoms with Gasteiger partial charge in [0, 0.05) is 49.3 Å². The number of thiazole rings is 1. The summed E-state index contributed by atoms with van der Waals surface area (Å²) < 4.78 is 3.10. The molecule has 0 radical (unpaired) electrons. The van der Waals surface area contributed by atoms with Gasteiger partial charge in [0.15, 0.2) is 0 Å². The van der Waals surface area contributed by atoms with E-state index in [2.05, 4.69) is 20.4 Å². The summed E-state index contributed by atoms with van der Waals surface area (Å²) in [6.07, 6.45) is 2.14. The second-order valence-corrected chi connectivity index (χ2v) is 6.95. The van der Waals surface area contributed by atoms with Gasteiger partial charge in [0.25, 0.3) is 5.56 Å². The Bertz CT molecular complexity index is 1060. The van der Waals surface area contributed by atoms with Crippen molar-refractivity contribution in [1.29, 1.82) is 0 Å². The third kappa shape index (κ3) is 4.79. The Labute approximate surface area is 158 Å². The number of aryl methyl sites for hydroxylation is 3. The molecule has 0 aliphatic heterocycles. The lowest BCUT2D eigenvalue weighted by Gasteiger charge is -2.06. The lowest BCUT2D eigenvalue weighted by molar-refractivity contribution is -0.121. The number of amides is 1. The number of aromatic amines is 1. The Kier molecular flexibility index (Phi) is 5.65. The lowest BCUT2D eigenvalue weighted by atomic mass is 10.3. The molecule has 2 N–H and O–H groups in total. The summed E-state index contributed by atoms with van der Waals surface area (Å²) in [6, 6.07) is 3.25. The summed E-state index contributed by atoms with van der Waals surface area (Å²) >= 11 is 1.51. The zero-order chi connectivity index (χ0) is 19.4. The second-order valence-electron chi connectivity index (χ2n) is 6.11. The number of H-pyrrole nitrogens is 1. The predicted octanol–water partition coefficient (Wildman–Crippen LogP) is 0.545. The minimum atomic E-state index is -0.519. The van der Waals surface area contributed by atoms with Gasteiger partial charge in [0.05, 0.1) is 11.4 Å². The first kappa shape index (κ1) is 18.8. The molecule has 0 bridgehead atoms. The molecule has 0 fully saturated rings. The first-order chi connectivity index (χ1) is 12.9. The van der Waals surface area contributed by atoms with Crippen molar-refractivity contribution in [1.82, 2.24) is 29.6 Å². The fourth-order valence-electron chi connectivity index (χ4n) is 2.59. The topological polar surface area (TPSA) is 115 Å². The van der Waals surface area contributed by atoms with E-state index in [9.17, 15) is 14.4 Å². The minimum Gasteiger partial charge on any atom is -0.356 e. The van der Waals surface area contributed by atoms with Gasteiger partial charge in [-0.2, -0.15) is 5.10 Å². The molecular formula is C17H20N6O3S. The highest BCUT2D eigenvalue weighted by atomic mass is 32.1. The van der Waals surface area contributed by atoms with Crippen molar-refractivity contribution in [2.45, 2.75) is 33.2 Å². The van der Waals surface area contributed by atoms with E-state index >= 15 is 0 Å². The second kappa shape index (κ2) is 8.12. The molecule has 9 nitrogen and oxygen atoms in total. The van der Waals surface area contributed by atoms with Gasteiger partial charge >= 0.3 is 5.69 Å². The summed E-state index contributed by atoms with van der Waals surface area (Å²) in [5.74, 6) is -0.165. The van der Waals surface area contributed by atoms with E-state index < -0.39 is 11.2 Å². The number of carbonyl (C=O) groups is 1. The third-order valence-electron chi connectivity index (χ3n) is 3.91. The first-order valence-corrected chi connectivity index (χ1v) is 9.35. The van der Waals surface area contributed by atoms with Gasteiger partial charge in [-0.3, -0.25) is 14.6 Å². The van der Waals surface area contributed by atoms with Crippen LogP contribution in [0.1, 0.15) is 23.5 Å². The molecule has 1 amide bonds. The molecular weight excluding hydrogens is 368 g/mol. The maximum absolute atomic E-state index is 11.9. The largest absolute Gasteiger partial charge is 0.356 e. The van der Waals surface area contributed by atoms with Crippen LogP contribution in [0.5, 0.6) is 0 Å². The molecule has 0 aliphatic carbocycles. The summed E-state index contributed by atoms with van der Waals surface area (Å²) in [4.78, 5) is 41.2. The molecule has 0 unspecified atom stereocenters. The highest BCUT2D eigenvalue weighted by Crippen LogP contribution is 2.17. The van der Waals surface area contributed by atoms with Gasteiger partial charge in [0.1, 0.15) is 0 Å². The van der Waals surface area contributed by atoms with Crippen LogP contribution < -0.4 is 16.6 Å². The van der Waals surface area contributed by atoms with E-state index in [1.165, 1.54) is 28.2 Å². The molecule has 0 aliphatic rings. The Balaban J connectivity index is 1.47. The lowest BCUT2D eigenvalue weighted by Crippen LogP contribution is -2.31. The van der Waals surface area contributed by atoms with Crippen LogP contribution in [-0.4, -0.2) is 36.8 Å². The number of aromatic nitrogens is 5. The van der Waals surface area contributed by atoms with E-state index in [0.717, 1.165) is 22.2 Å². The van der Waals surface area contributed by atoms with Crippen molar-refractivity contribution >= 4 is 17.2 Å². The van der Waals surface area contributed by atoms with Crippen molar-refractivity contribution in [3.8, 4) is 5.13 Å². The zero-order valence-electron chi connectivity index (χ0n) is 15.1. The fraction of sp³-hybridized carbons (Fsp3) is 0.353. The highest BCUT2D eigenvalue weighted by Gasteiger charge is 2.09. The molecule has 0 saturated carbocycles. The molecule has 3 heterocycles. The van der Waals surface area contributed by atoms with Crippen LogP contribution in [0.2, 0.25) is 0 Å². The zero-order valence-corrected chi connectivity index (χ0v) is 15.9. The molecule has 10 heteroatoms. The van der Waals surface area contributed by atoms with Crippen LogP contribution in [0, 0.1) is 13.8 Å². The smallest absolute Gasteiger partial charge is 0.328 e. The van der Waals surface area contributed by atoms with Crippen LogP contribution in [0.3, 0.4) is 0 Å². The Morgan fingerprint density at radius 2 is 2.15 bits per heavy atom. The molecule has 0 spiro atoms.